The highest BCUT2D eigenvalue weighted by Crippen LogP contribution is 2.28. The Kier molecular flexibility index (Phi) is 4.08. The monoisotopic (exact) mass is 243 g/mol. The Morgan fingerprint density at radius 2 is 2.24 bits per heavy atom. The van der Waals surface area contributed by atoms with Gasteiger partial charge in [-0.3, -0.25) is 0 Å². The van der Waals surface area contributed by atoms with Gasteiger partial charge < -0.3 is 19.9 Å². The topological polar surface area (TPSA) is 50.7 Å². The fourth-order valence-electron chi connectivity index (χ4n) is 2.62. The Bertz CT molecular complexity index is 253. The first-order chi connectivity index (χ1) is 8.05. The van der Waals surface area contributed by atoms with Gasteiger partial charge in [-0.2, -0.15) is 0 Å². The highest BCUT2D eigenvalue weighted by Gasteiger charge is 2.35. The fraction of sp³-hybridized carbons (Fsp3) is 1.00. The Balaban J connectivity index is 1.79. The first kappa shape index (κ1) is 13.3. The van der Waals surface area contributed by atoms with Crippen molar-refractivity contribution in [2.75, 3.05) is 26.4 Å². The molecule has 4 heteroatoms. The maximum absolute atomic E-state index is 10.2. The van der Waals surface area contributed by atoms with E-state index >= 15 is 0 Å². The van der Waals surface area contributed by atoms with Gasteiger partial charge in [0.2, 0.25) is 0 Å². The second-order valence-electron chi connectivity index (χ2n) is 5.75. The van der Waals surface area contributed by atoms with Gasteiger partial charge >= 0.3 is 0 Å². The SMILES string of the molecule is CCC1(C)CC(NCC2(O)CCOC2)CCO1. The molecular formula is C13H25NO3. The molecule has 100 valence electrons. The van der Waals surface area contributed by atoms with E-state index in [1.165, 1.54) is 0 Å². The molecule has 3 atom stereocenters. The summed E-state index contributed by atoms with van der Waals surface area (Å²) in [6.07, 6.45) is 3.85. The lowest BCUT2D eigenvalue weighted by Gasteiger charge is -2.39. The van der Waals surface area contributed by atoms with Gasteiger partial charge in [0.1, 0.15) is 5.60 Å². The summed E-state index contributed by atoms with van der Waals surface area (Å²) in [6.45, 7) is 6.94. The van der Waals surface area contributed by atoms with Gasteiger partial charge in [-0.25, -0.2) is 0 Å². The van der Waals surface area contributed by atoms with E-state index in [-0.39, 0.29) is 5.60 Å². The normalized spacial score (nSPS) is 42.9. The first-order valence-corrected chi connectivity index (χ1v) is 6.73. The Morgan fingerprint density at radius 3 is 2.88 bits per heavy atom. The Hall–Kier alpha value is -0.160. The first-order valence-electron chi connectivity index (χ1n) is 6.73. The van der Waals surface area contributed by atoms with Crippen LogP contribution in [0.15, 0.2) is 0 Å². The van der Waals surface area contributed by atoms with Crippen LogP contribution >= 0.6 is 0 Å². The van der Waals surface area contributed by atoms with Crippen molar-refractivity contribution < 1.29 is 14.6 Å². The predicted octanol–water partition coefficient (Wildman–Crippen LogP) is 1.08. The minimum atomic E-state index is -0.652. The third-order valence-corrected chi connectivity index (χ3v) is 4.15. The lowest BCUT2D eigenvalue weighted by Crippen LogP contribution is -2.50. The summed E-state index contributed by atoms with van der Waals surface area (Å²) < 4.78 is 11.1. The maximum atomic E-state index is 10.2. The van der Waals surface area contributed by atoms with Gasteiger partial charge in [-0.05, 0) is 26.2 Å². The molecule has 2 aliphatic heterocycles. The molecule has 0 aromatic carbocycles. The molecule has 2 fully saturated rings. The van der Waals surface area contributed by atoms with Crippen LogP contribution in [-0.2, 0) is 9.47 Å². The van der Waals surface area contributed by atoms with E-state index in [0.29, 0.717) is 25.8 Å². The van der Waals surface area contributed by atoms with Crippen LogP contribution in [-0.4, -0.2) is 48.7 Å². The van der Waals surface area contributed by atoms with Crippen molar-refractivity contribution in [1.29, 1.82) is 0 Å². The number of aliphatic hydroxyl groups is 1. The van der Waals surface area contributed by atoms with Gasteiger partial charge in [0, 0.05) is 32.2 Å². The fourth-order valence-corrected chi connectivity index (χ4v) is 2.62. The molecule has 3 unspecified atom stereocenters. The molecule has 0 aliphatic carbocycles. The zero-order valence-electron chi connectivity index (χ0n) is 11.0. The summed E-state index contributed by atoms with van der Waals surface area (Å²) in [6, 6.07) is 0.457. The predicted molar refractivity (Wildman–Crippen MR) is 66.1 cm³/mol. The number of nitrogens with one attached hydrogen (secondary N) is 1. The molecule has 2 saturated heterocycles. The van der Waals surface area contributed by atoms with Gasteiger partial charge in [-0.1, -0.05) is 6.92 Å². The van der Waals surface area contributed by atoms with E-state index in [4.69, 9.17) is 9.47 Å². The summed E-state index contributed by atoms with van der Waals surface area (Å²) in [5.74, 6) is 0. The maximum Gasteiger partial charge on any atom is 0.102 e. The second kappa shape index (κ2) is 5.22. The zero-order valence-corrected chi connectivity index (χ0v) is 11.0. The van der Waals surface area contributed by atoms with E-state index in [1.807, 2.05) is 0 Å². The molecule has 0 amide bonds. The van der Waals surface area contributed by atoms with E-state index in [0.717, 1.165) is 32.3 Å². The van der Waals surface area contributed by atoms with Crippen LogP contribution in [0, 0.1) is 0 Å². The van der Waals surface area contributed by atoms with Crippen molar-refractivity contribution >= 4 is 0 Å². The molecule has 0 aromatic heterocycles. The minimum absolute atomic E-state index is 0.00467. The molecule has 2 rings (SSSR count). The minimum Gasteiger partial charge on any atom is -0.386 e. The van der Waals surface area contributed by atoms with Crippen molar-refractivity contribution in [3.8, 4) is 0 Å². The van der Waals surface area contributed by atoms with Crippen LogP contribution in [0.5, 0.6) is 0 Å². The molecule has 2 heterocycles. The van der Waals surface area contributed by atoms with E-state index in [1.54, 1.807) is 0 Å². The number of hydrogen-bond donors (Lipinski definition) is 2. The molecule has 2 aliphatic rings. The third kappa shape index (κ3) is 3.41. The molecule has 0 aromatic rings. The Morgan fingerprint density at radius 1 is 1.41 bits per heavy atom. The summed E-state index contributed by atoms with van der Waals surface area (Å²) in [5.41, 5.74) is -0.647. The standard InChI is InChI=1S/C13H25NO3/c1-3-12(2)8-11(4-6-17-12)14-9-13(15)5-7-16-10-13/h11,14-15H,3-10H2,1-2H3. The number of rotatable bonds is 4. The lowest BCUT2D eigenvalue weighted by atomic mass is 9.89. The van der Waals surface area contributed by atoms with Crippen molar-refractivity contribution in [2.45, 2.75) is 56.8 Å². The molecule has 0 saturated carbocycles. The van der Waals surface area contributed by atoms with Gasteiger partial charge in [-0.15, -0.1) is 0 Å². The van der Waals surface area contributed by atoms with Crippen LogP contribution in [0.1, 0.15) is 39.5 Å². The molecule has 0 bridgehead atoms. The number of hydrogen-bond acceptors (Lipinski definition) is 4. The van der Waals surface area contributed by atoms with Crippen LogP contribution in [0.2, 0.25) is 0 Å². The highest BCUT2D eigenvalue weighted by atomic mass is 16.5. The van der Waals surface area contributed by atoms with E-state index in [9.17, 15) is 5.11 Å². The van der Waals surface area contributed by atoms with Crippen LogP contribution in [0.25, 0.3) is 0 Å². The highest BCUT2D eigenvalue weighted by molar-refractivity contribution is 4.90. The van der Waals surface area contributed by atoms with Crippen LogP contribution < -0.4 is 5.32 Å². The summed E-state index contributed by atoms with van der Waals surface area (Å²) in [4.78, 5) is 0. The van der Waals surface area contributed by atoms with Crippen molar-refractivity contribution in [3.63, 3.8) is 0 Å². The molecular weight excluding hydrogens is 218 g/mol. The van der Waals surface area contributed by atoms with Gasteiger partial charge in [0.05, 0.1) is 12.2 Å². The zero-order chi connectivity index (χ0) is 12.4. The third-order valence-electron chi connectivity index (χ3n) is 4.15. The van der Waals surface area contributed by atoms with Crippen molar-refractivity contribution in [2.24, 2.45) is 0 Å². The van der Waals surface area contributed by atoms with Crippen molar-refractivity contribution in [3.05, 3.63) is 0 Å². The molecule has 17 heavy (non-hydrogen) atoms. The smallest absolute Gasteiger partial charge is 0.102 e. The molecule has 0 radical (unpaired) electrons. The van der Waals surface area contributed by atoms with E-state index in [2.05, 4.69) is 19.2 Å². The molecule has 0 spiro atoms. The van der Waals surface area contributed by atoms with Gasteiger partial charge in [0.25, 0.3) is 0 Å². The van der Waals surface area contributed by atoms with Crippen LogP contribution in [0.3, 0.4) is 0 Å². The average molecular weight is 243 g/mol. The van der Waals surface area contributed by atoms with E-state index < -0.39 is 5.60 Å². The second-order valence-corrected chi connectivity index (χ2v) is 5.75. The largest absolute Gasteiger partial charge is 0.386 e. The van der Waals surface area contributed by atoms with Gasteiger partial charge in [0.15, 0.2) is 0 Å². The Labute approximate surface area is 104 Å². The van der Waals surface area contributed by atoms with Crippen LogP contribution in [0.4, 0.5) is 0 Å². The molecule has 2 N–H and O–H groups in total. The summed E-state index contributed by atoms with van der Waals surface area (Å²) in [5, 5.41) is 13.7. The summed E-state index contributed by atoms with van der Waals surface area (Å²) in [7, 11) is 0. The molecule has 4 nitrogen and oxygen atoms in total. The lowest BCUT2D eigenvalue weighted by molar-refractivity contribution is -0.0807. The average Bonchev–Trinajstić information content (AvgIpc) is 2.75. The summed E-state index contributed by atoms with van der Waals surface area (Å²) >= 11 is 0. The number of ether oxygens (including phenoxy) is 2. The quantitative estimate of drug-likeness (QED) is 0.775. The van der Waals surface area contributed by atoms with Crippen molar-refractivity contribution in [1.82, 2.24) is 5.32 Å².